The van der Waals surface area contributed by atoms with Gasteiger partial charge in [0.2, 0.25) is 0 Å². The van der Waals surface area contributed by atoms with Crippen LogP contribution in [0.4, 0.5) is 0 Å². The summed E-state index contributed by atoms with van der Waals surface area (Å²) in [6, 6.07) is 0.373. The van der Waals surface area contributed by atoms with Crippen LogP contribution in [0.1, 0.15) is 106 Å². The van der Waals surface area contributed by atoms with Crippen molar-refractivity contribution in [3.63, 3.8) is 0 Å². The van der Waals surface area contributed by atoms with E-state index in [0.29, 0.717) is 24.4 Å². The van der Waals surface area contributed by atoms with Crippen LogP contribution in [-0.4, -0.2) is 124 Å². The summed E-state index contributed by atoms with van der Waals surface area (Å²) < 4.78 is 40.3. The molecule has 2 fully saturated rings. The number of esters is 6. The van der Waals surface area contributed by atoms with Crippen LogP contribution < -0.4 is 10.6 Å². The smallest absolute Gasteiger partial charge is 0.347 e. The molecule has 17 heteroatoms. The van der Waals surface area contributed by atoms with Gasteiger partial charge in [0.15, 0.2) is 42.7 Å². The highest BCUT2D eigenvalue weighted by atomic mass is 16.6. The Hall–Kier alpha value is -3.83. The summed E-state index contributed by atoms with van der Waals surface area (Å²) in [5.41, 5.74) is 0. The standard InChI is InChI=1S/C38H62N2O15/c1-21(51-36(45)25(5)53-34(43)22(2)48-8)32(41)40-31-16-12-29(13-17-31)20-28-10-14-30(15-11-28)39-18-19-50-23(3)35(44)54-26(6)38(47)55-27(7)37(46)52-24(4)33(42)49-9/h21-31,39H,10-20H2,1-9H3,(H,40,41). The number of methoxy groups -OCH3 is 2. The van der Waals surface area contributed by atoms with Crippen molar-refractivity contribution in [2.45, 2.75) is 161 Å². The average molecular weight is 787 g/mol. The summed E-state index contributed by atoms with van der Waals surface area (Å²) in [4.78, 5) is 85.1. The largest absolute Gasteiger partial charge is 0.466 e. The van der Waals surface area contributed by atoms with Crippen LogP contribution >= 0.6 is 0 Å². The van der Waals surface area contributed by atoms with Gasteiger partial charge in [-0.05, 0) is 118 Å². The third-order valence-electron chi connectivity index (χ3n) is 9.99. The van der Waals surface area contributed by atoms with Gasteiger partial charge in [-0.15, -0.1) is 0 Å². The van der Waals surface area contributed by atoms with E-state index < -0.39 is 78.5 Å². The number of carbonyl (C=O) groups is 7. The molecule has 7 atom stereocenters. The minimum atomic E-state index is -1.34. The maximum atomic E-state index is 12.7. The lowest BCUT2D eigenvalue weighted by Crippen LogP contribution is -2.44. The Bertz CT molecular complexity index is 1280. The second-order valence-corrected chi connectivity index (χ2v) is 14.4. The molecule has 0 aromatic carbocycles. The van der Waals surface area contributed by atoms with Crippen molar-refractivity contribution in [1.82, 2.24) is 10.6 Å². The molecule has 0 radical (unpaired) electrons. The van der Waals surface area contributed by atoms with Crippen LogP contribution in [0.3, 0.4) is 0 Å². The Morgan fingerprint density at radius 1 is 0.491 bits per heavy atom. The summed E-state index contributed by atoms with van der Waals surface area (Å²) in [6.07, 6.45) is 1.50. The molecule has 0 saturated heterocycles. The van der Waals surface area contributed by atoms with E-state index in [0.717, 1.165) is 64.9 Å². The number of hydrogen-bond acceptors (Lipinski definition) is 16. The van der Waals surface area contributed by atoms with Crippen LogP contribution in [0.2, 0.25) is 0 Å². The molecule has 0 bridgehead atoms. The molecule has 55 heavy (non-hydrogen) atoms. The van der Waals surface area contributed by atoms with E-state index in [9.17, 15) is 33.6 Å². The Balaban J connectivity index is 1.58. The summed E-state index contributed by atoms with van der Waals surface area (Å²) >= 11 is 0. The molecule has 17 nitrogen and oxygen atoms in total. The minimum Gasteiger partial charge on any atom is -0.466 e. The Morgan fingerprint density at radius 3 is 1.31 bits per heavy atom. The summed E-state index contributed by atoms with van der Waals surface area (Å²) in [5, 5.41) is 6.50. The van der Waals surface area contributed by atoms with Crippen molar-refractivity contribution in [2.24, 2.45) is 11.8 Å². The zero-order valence-corrected chi connectivity index (χ0v) is 33.8. The van der Waals surface area contributed by atoms with Crippen molar-refractivity contribution in [2.75, 3.05) is 27.4 Å². The molecule has 0 aliphatic heterocycles. The molecule has 0 heterocycles. The van der Waals surface area contributed by atoms with E-state index in [1.54, 1.807) is 0 Å². The van der Waals surface area contributed by atoms with Gasteiger partial charge in [-0.1, -0.05) is 0 Å². The summed E-state index contributed by atoms with van der Waals surface area (Å²) in [7, 11) is 2.50. The minimum absolute atomic E-state index is 0.0195. The number of rotatable bonds is 21. The van der Waals surface area contributed by atoms with Crippen molar-refractivity contribution >= 4 is 41.7 Å². The zero-order valence-electron chi connectivity index (χ0n) is 33.8. The van der Waals surface area contributed by atoms with Gasteiger partial charge in [-0.2, -0.15) is 0 Å². The van der Waals surface area contributed by atoms with E-state index in [-0.39, 0.29) is 18.6 Å². The first-order valence-corrected chi connectivity index (χ1v) is 19.2. The fraction of sp³-hybridized carbons (Fsp3) is 0.816. The average Bonchev–Trinajstić information content (AvgIpc) is 3.16. The molecular formula is C38H62N2O15. The highest BCUT2D eigenvalue weighted by molar-refractivity contribution is 5.86. The van der Waals surface area contributed by atoms with Gasteiger partial charge < -0.3 is 48.5 Å². The lowest BCUT2D eigenvalue weighted by atomic mass is 9.75. The lowest BCUT2D eigenvalue weighted by molar-refractivity contribution is -0.183. The molecule has 2 N–H and O–H groups in total. The Labute approximate surface area is 323 Å². The predicted octanol–water partition coefficient (Wildman–Crippen LogP) is 2.47. The molecule has 314 valence electrons. The van der Waals surface area contributed by atoms with Crippen LogP contribution in [0.25, 0.3) is 0 Å². The summed E-state index contributed by atoms with van der Waals surface area (Å²) in [5.74, 6) is -4.04. The second kappa shape index (κ2) is 23.9. The quantitative estimate of drug-likeness (QED) is 0.0970. The van der Waals surface area contributed by atoms with Gasteiger partial charge in [0.05, 0.1) is 13.7 Å². The van der Waals surface area contributed by atoms with Crippen molar-refractivity contribution in [3.05, 3.63) is 0 Å². The van der Waals surface area contributed by atoms with Crippen molar-refractivity contribution in [3.8, 4) is 0 Å². The normalized spacial score (nSPS) is 23.6. The number of nitrogens with one attached hydrogen (secondary N) is 2. The summed E-state index contributed by atoms with van der Waals surface area (Å²) in [6.45, 7) is 10.6. The van der Waals surface area contributed by atoms with Crippen LogP contribution in [0.5, 0.6) is 0 Å². The van der Waals surface area contributed by atoms with Gasteiger partial charge in [-0.25, -0.2) is 28.8 Å². The monoisotopic (exact) mass is 786 g/mol. The van der Waals surface area contributed by atoms with E-state index in [4.69, 9.17) is 33.2 Å². The van der Waals surface area contributed by atoms with E-state index in [1.807, 2.05) is 0 Å². The van der Waals surface area contributed by atoms with Crippen LogP contribution in [0, 0.1) is 11.8 Å². The van der Waals surface area contributed by atoms with Crippen molar-refractivity contribution < 1.29 is 71.5 Å². The fourth-order valence-corrected chi connectivity index (χ4v) is 6.36. The van der Waals surface area contributed by atoms with Crippen LogP contribution in [-0.2, 0) is 71.5 Å². The molecule has 2 saturated carbocycles. The molecule has 2 aliphatic rings. The molecular weight excluding hydrogens is 724 g/mol. The third-order valence-corrected chi connectivity index (χ3v) is 9.99. The van der Waals surface area contributed by atoms with Gasteiger partial charge in [0, 0.05) is 25.7 Å². The topological polar surface area (TPSA) is 217 Å². The predicted molar refractivity (Wildman–Crippen MR) is 194 cm³/mol. The molecule has 2 rings (SSSR count). The maximum absolute atomic E-state index is 12.7. The van der Waals surface area contributed by atoms with Gasteiger partial charge in [0.1, 0.15) is 0 Å². The highest BCUT2D eigenvalue weighted by Gasteiger charge is 2.32. The zero-order chi connectivity index (χ0) is 41.2. The molecule has 0 aromatic rings. The maximum Gasteiger partial charge on any atom is 0.347 e. The molecule has 7 unspecified atom stereocenters. The first kappa shape index (κ1) is 47.3. The first-order chi connectivity index (χ1) is 25.9. The molecule has 0 spiro atoms. The van der Waals surface area contributed by atoms with E-state index in [1.165, 1.54) is 55.6 Å². The number of hydrogen-bond donors (Lipinski definition) is 2. The van der Waals surface area contributed by atoms with E-state index in [2.05, 4.69) is 15.4 Å². The number of amides is 1. The van der Waals surface area contributed by atoms with Gasteiger partial charge >= 0.3 is 35.8 Å². The third kappa shape index (κ3) is 16.8. The SMILES string of the molecule is COC(=O)C(C)OC(=O)C(C)OC(=O)C(C)OC(=O)C(C)OCCNC1CCC(CC2CCC(NC(=O)C(C)OC(=O)C(C)OC(=O)C(C)OC)CC2)CC1. The Morgan fingerprint density at radius 2 is 0.873 bits per heavy atom. The second-order valence-electron chi connectivity index (χ2n) is 14.4. The highest BCUT2D eigenvalue weighted by Crippen LogP contribution is 2.35. The molecule has 0 aromatic heterocycles. The van der Waals surface area contributed by atoms with Crippen molar-refractivity contribution in [1.29, 1.82) is 0 Å². The molecule has 1 amide bonds. The number of ether oxygens (including phenoxy) is 8. The van der Waals surface area contributed by atoms with E-state index >= 15 is 0 Å². The van der Waals surface area contributed by atoms with Gasteiger partial charge in [0.25, 0.3) is 5.91 Å². The molecule has 2 aliphatic carbocycles. The first-order valence-electron chi connectivity index (χ1n) is 19.2. The van der Waals surface area contributed by atoms with Crippen LogP contribution in [0.15, 0.2) is 0 Å². The van der Waals surface area contributed by atoms with Gasteiger partial charge in [-0.3, -0.25) is 4.79 Å². The lowest BCUT2D eigenvalue weighted by Gasteiger charge is -2.35. The fourth-order valence-electron chi connectivity index (χ4n) is 6.36. The Kier molecular flexibility index (Phi) is 20.6. The number of carbonyl (C=O) groups excluding carboxylic acids is 7.